The number of hydrogen-bond donors (Lipinski definition) is 2. The Morgan fingerprint density at radius 1 is 1.50 bits per heavy atom. The Morgan fingerprint density at radius 2 is 2.07 bits per heavy atom. The van der Waals surface area contributed by atoms with Crippen molar-refractivity contribution in [1.82, 2.24) is 9.97 Å². The van der Waals surface area contributed by atoms with Gasteiger partial charge < -0.3 is 11.1 Å². The quantitative estimate of drug-likeness (QED) is 0.731. The van der Waals surface area contributed by atoms with E-state index in [2.05, 4.69) is 29.1 Å². The van der Waals surface area contributed by atoms with Gasteiger partial charge in [0.25, 0.3) is 0 Å². The van der Waals surface area contributed by atoms with Crippen LogP contribution >= 0.6 is 0 Å². The molecule has 0 aromatic carbocycles. The molecule has 1 aromatic rings. The van der Waals surface area contributed by atoms with Gasteiger partial charge in [0, 0.05) is 12.4 Å². The maximum absolute atomic E-state index is 10.5. The highest BCUT2D eigenvalue weighted by Crippen LogP contribution is 2.11. The molecule has 0 atom stereocenters. The molecule has 14 heavy (non-hydrogen) atoms. The molecule has 76 valence electrons. The van der Waals surface area contributed by atoms with E-state index in [1.165, 1.54) is 0 Å². The number of nitrogens with one attached hydrogen (secondary N) is 1. The van der Waals surface area contributed by atoms with Crippen molar-refractivity contribution >= 4 is 11.9 Å². The van der Waals surface area contributed by atoms with Gasteiger partial charge in [-0.05, 0) is 11.5 Å². The second-order valence-electron chi connectivity index (χ2n) is 3.31. The molecule has 5 heteroatoms. The molecule has 0 aliphatic carbocycles. The molecule has 0 spiro atoms. The average molecular weight is 194 g/mol. The van der Waals surface area contributed by atoms with Gasteiger partial charge in [0.05, 0.1) is 6.54 Å². The molecular weight excluding hydrogens is 180 g/mol. The van der Waals surface area contributed by atoms with Crippen LogP contribution in [-0.2, 0) is 4.79 Å². The smallest absolute Gasteiger partial charge is 0.236 e. The number of hydrogen-bond acceptors (Lipinski definition) is 4. The van der Waals surface area contributed by atoms with Crippen molar-refractivity contribution in [3.63, 3.8) is 0 Å². The van der Waals surface area contributed by atoms with Crippen molar-refractivity contribution in [2.45, 2.75) is 19.8 Å². The summed E-state index contributed by atoms with van der Waals surface area (Å²) < 4.78 is 0. The van der Waals surface area contributed by atoms with Gasteiger partial charge in [0.2, 0.25) is 11.9 Å². The van der Waals surface area contributed by atoms with Crippen molar-refractivity contribution in [3.05, 3.63) is 18.0 Å². The fraction of sp³-hybridized carbons (Fsp3) is 0.444. The van der Waals surface area contributed by atoms with E-state index in [-0.39, 0.29) is 6.54 Å². The van der Waals surface area contributed by atoms with Crippen LogP contribution in [0.5, 0.6) is 0 Å². The molecule has 0 unspecified atom stereocenters. The summed E-state index contributed by atoms with van der Waals surface area (Å²) in [5.41, 5.74) is 6.03. The summed E-state index contributed by atoms with van der Waals surface area (Å²) in [4.78, 5) is 18.5. The lowest BCUT2D eigenvalue weighted by Crippen LogP contribution is -2.22. The van der Waals surface area contributed by atoms with Gasteiger partial charge in [0.15, 0.2) is 0 Å². The van der Waals surface area contributed by atoms with E-state index in [0.29, 0.717) is 11.9 Å². The Hall–Kier alpha value is -1.65. The van der Waals surface area contributed by atoms with Crippen LogP contribution in [0.3, 0.4) is 0 Å². The Bertz CT molecular complexity index is 307. The van der Waals surface area contributed by atoms with Gasteiger partial charge in [-0.3, -0.25) is 4.79 Å². The van der Waals surface area contributed by atoms with Crippen molar-refractivity contribution in [2.24, 2.45) is 5.73 Å². The van der Waals surface area contributed by atoms with Gasteiger partial charge in [0.1, 0.15) is 0 Å². The van der Waals surface area contributed by atoms with Crippen molar-refractivity contribution in [1.29, 1.82) is 0 Å². The molecule has 0 aliphatic heterocycles. The van der Waals surface area contributed by atoms with E-state index in [9.17, 15) is 4.79 Å². The van der Waals surface area contributed by atoms with Crippen LogP contribution in [-0.4, -0.2) is 22.4 Å². The Labute approximate surface area is 82.7 Å². The first-order valence-electron chi connectivity index (χ1n) is 4.43. The molecule has 0 saturated carbocycles. The molecule has 1 rings (SSSR count). The second kappa shape index (κ2) is 4.55. The average Bonchev–Trinajstić information content (AvgIpc) is 2.15. The van der Waals surface area contributed by atoms with E-state index in [4.69, 9.17) is 5.73 Å². The monoisotopic (exact) mass is 194 g/mol. The second-order valence-corrected chi connectivity index (χ2v) is 3.31. The fourth-order valence-corrected chi connectivity index (χ4v) is 0.894. The Kier molecular flexibility index (Phi) is 3.39. The van der Waals surface area contributed by atoms with E-state index >= 15 is 0 Å². The normalized spacial score (nSPS) is 10.2. The van der Waals surface area contributed by atoms with Crippen molar-refractivity contribution in [2.75, 3.05) is 11.9 Å². The number of aromatic nitrogens is 2. The molecule has 5 nitrogen and oxygen atoms in total. The molecule has 1 aromatic heterocycles. The van der Waals surface area contributed by atoms with Gasteiger partial charge in [-0.25, -0.2) is 9.97 Å². The highest BCUT2D eigenvalue weighted by molar-refractivity contribution is 5.78. The van der Waals surface area contributed by atoms with Crippen LogP contribution in [0.2, 0.25) is 0 Å². The summed E-state index contributed by atoms with van der Waals surface area (Å²) in [6, 6.07) is 0. The molecule has 3 N–H and O–H groups in total. The van der Waals surface area contributed by atoms with E-state index in [1.807, 2.05) is 0 Å². The van der Waals surface area contributed by atoms with E-state index in [1.54, 1.807) is 12.4 Å². The number of carbonyl (C=O) groups excluding carboxylic acids is 1. The number of primary amides is 1. The minimum Gasteiger partial charge on any atom is -0.368 e. The Morgan fingerprint density at radius 3 is 2.50 bits per heavy atom. The van der Waals surface area contributed by atoms with E-state index < -0.39 is 5.91 Å². The van der Waals surface area contributed by atoms with Crippen molar-refractivity contribution < 1.29 is 4.79 Å². The predicted molar refractivity (Wildman–Crippen MR) is 53.8 cm³/mol. The molecule has 0 radical (unpaired) electrons. The van der Waals surface area contributed by atoms with Crippen molar-refractivity contribution in [3.8, 4) is 0 Å². The third-order valence-corrected chi connectivity index (χ3v) is 1.76. The number of nitrogens with zero attached hydrogens (tertiary/aromatic N) is 2. The highest BCUT2D eigenvalue weighted by Gasteiger charge is 2.01. The summed E-state index contributed by atoms with van der Waals surface area (Å²) in [5, 5.41) is 2.71. The SMILES string of the molecule is CC(C)c1cnc(NCC(N)=O)nc1. The summed E-state index contributed by atoms with van der Waals surface area (Å²) in [6.45, 7) is 4.19. The lowest BCUT2D eigenvalue weighted by Gasteiger charge is -2.05. The maximum atomic E-state index is 10.5. The standard InChI is InChI=1S/C9H14N4O/c1-6(2)7-3-11-9(12-4-7)13-5-8(10)14/h3-4,6H,5H2,1-2H3,(H2,10,14)(H,11,12,13). The molecule has 0 saturated heterocycles. The maximum Gasteiger partial charge on any atom is 0.236 e. The van der Waals surface area contributed by atoms with Crippen LogP contribution in [0.15, 0.2) is 12.4 Å². The first kappa shape index (κ1) is 10.4. The van der Waals surface area contributed by atoms with Crippen LogP contribution in [0.4, 0.5) is 5.95 Å². The van der Waals surface area contributed by atoms with Gasteiger partial charge >= 0.3 is 0 Å². The van der Waals surface area contributed by atoms with Crippen LogP contribution in [0.1, 0.15) is 25.3 Å². The van der Waals surface area contributed by atoms with Gasteiger partial charge in [-0.2, -0.15) is 0 Å². The molecule has 0 aliphatic rings. The number of amides is 1. The highest BCUT2D eigenvalue weighted by atomic mass is 16.1. The molecular formula is C9H14N4O. The first-order valence-corrected chi connectivity index (χ1v) is 4.43. The largest absolute Gasteiger partial charge is 0.368 e. The third-order valence-electron chi connectivity index (χ3n) is 1.76. The number of carbonyl (C=O) groups is 1. The number of nitrogens with two attached hydrogens (primary N) is 1. The minimum atomic E-state index is -0.429. The molecule has 1 amide bonds. The fourth-order valence-electron chi connectivity index (χ4n) is 0.894. The zero-order valence-electron chi connectivity index (χ0n) is 8.32. The third kappa shape index (κ3) is 3.01. The van der Waals surface area contributed by atoms with E-state index in [0.717, 1.165) is 5.56 Å². The predicted octanol–water partition coefficient (Wildman–Crippen LogP) is 0.497. The summed E-state index contributed by atoms with van der Waals surface area (Å²) in [5.74, 6) is 0.398. The van der Waals surface area contributed by atoms with Crippen LogP contribution in [0, 0.1) is 0 Å². The first-order chi connectivity index (χ1) is 6.59. The lowest BCUT2D eigenvalue weighted by atomic mass is 10.1. The Balaban J connectivity index is 2.59. The number of rotatable bonds is 4. The van der Waals surface area contributed by atoms with Crippen LogP contribution in [0.25, 0.3) is 0 Å². The van der Waals surface area contributed by atoms with Crippen LogP contribution < -0.4 is 11.1 Å². The summed E-state index contributed by atoms with van der Waals surface area (Å²) in [6.07, 6.45) is 3.47. The zero-order valence-corrected chi connectivity index (χ0v) is 8.32. The summed E-state index contributed by atoms with van der Waals surface area (Å²) in [7, 11) is 0. The van der Waals surface area contributed by atoms with Gasteiger partial charge in [-0.1, -0.05) is 13.8 Å². The summed E-state index contributed by atoms with van der Waals surface area (Å²) >= 11 is 0. The molecule has 0 bridgehead atoms. The minimum absolute atomic E-state index is 0.0566. The molecule has 0 fully saturated rings. The number of anilines is 1. The zero-order chi connectivity index (χ0) is 10.6. The van der Waals surface area contributed by atoms with Gasteiger partial charge in [-0.15, -0.1) is 0 Å². The molecule has 1 heterocycles. The topological polar surface area (TPSA) is 80.9 Å². The lowest BCUT2D eigenvalue weighted by molar-refractivity contribution is -0.116.